The zero-order valence-electron chi connectivity index (χ0n) is 13.4. The van der Waals surface area contributed by atoms with Gasteiger partial charge in [0.2, 0.25) is 11.8 Å². The van der Waals surface area contributed by atoms with Crippen molar-refractivity contribution in [2.75, 3.05) is 12.8 Å². The summed E-state index contributed by atoms with van der Waals surface area (Å²) in [7, 11) is -1.93. The number of sulfone groups is 1. The molecule has 124 valence electrons. The van der Waals surface area contributed by atoms with Gasteiger partial charge in [0.15, 0.2) is 9.84 Å². The van der Waals surface area contributed by atoms with Gasteiger partial charge in [-0.1, -0.05) is 17.7 Å². The van der Waals surface area contributed by atoms with Crippen molar-refractivity contribution in [3.05, 3.63) is 41.3 Å². The Balaban J connectivity index is 2.11. The molecular weight excluding hydrogens is 316 g/mol. The summed E-state index contributed by atoms with van der Waals surface area (Å²) in [6.07, 6.45) is 1.30. The summed E-state index contributed by atoms with van der Waals surface area (Å²) >= 11 is 0. The first-order valence-corrected chi connectivity index (χ1v) is 9.06. The Morgan fingerprint density at radius 3 is 2.70 bits per heavy atom. The van der Waals surface area contributed by atoms with Crippen LogP contribution in [0, 0.1) is 13.8 Å². The van der Waals surface area contributed by atoms with Gasteiger partial charge in [0, 0.05) is 19.0 Å². The standard InChI is InChI=1S/C16H20N2O4S/c1-11-4-5-14(12(2)8-11)16-18-13(9-22-16)10-23(20,21)7-6-15(19)17-3/h4-5,8-9H,6-7,10H2,1-3H3,(H,17,19). The zero-order chi connectivity index (χ0) is 17.0. The number of aryl methyl sites for hydroxylation is 2. The fourth-order valence-corrected chi connectivity index (χ4v) is 3.45. The van der Waals surface area contributed by atoms with Gasteiger partial charge in [0.1, 0.15) is 6.26 Å². The van der Waals surface area contributed by atoms with Gasteiger partial charge in [-0.25, -0.2) is 13.4 Å². The summed E-state index contributed by atoms with van der Waals surface area (Å²) in [5, 5.41) is 2.40. The molecule has 0 radical (unpaired) electrons. The number of carbonyl (C=O) groups is 1. The minimum atomic E-state index is -3.41. The summed E-state index contributed by atoms with van der Waals surface area (Å²) in [6, 6.07) is 5.87. The lowest BCUT2D eigenvalue weighted by Gasteiger charge is -2.02. The van der Waals surface area contributed by atoms with Crippen LogP contribution in [0.4, 0.5) is 0 Å². The van der Waals surface area contributed by atoms with Gasteiger partial charge < -0.3 is 9.73 Å². The number of amides is 1. The van der Waals surface area contributed by atoms with Crippen LogP contribution in [-0.4, -0.2) is 32.1 Å². The van der Waals surface area contributed by atoms with Crippen LogP contribution in [0.2, 0.25) is 0 Å². The van der Waals surface area contributed by atoms with Crippen molar-refractivity contribution in [3.8, 4) is 11.5 Å². The molecule has 0 spiro atoms. The second-order valence-corrected chi connectivity index (χ2v) is 7.66. The Morgan fingerprint density at radius 2 is 2.04 bits per heavy atom. The quantitative estimate of drug-likeness (QED) is 0.871. The van der Waals surface area contributed by atoms with E-state index in [1.165, 1.54) is 13.3 Å². The van der Waals surface area contributed by atoms with Gasteiger partial charge in [-0.05, 0) is 25.5 Å². The Morgan fingerprint density at radius 1 is 1.30 bits per heavy atom. The molecular formula is C16H20N2O4S. The molecule has 2 aromatic rings. The number of oxazole rings is 1. The highest BCUT2D eigenvalue weighted by Crippen LogP contribution is 2.24. The van der Waals surface area contributed by atoms with Crippen molar-refractivity contribution < 1.29 is 17.6 Å². The van der Waals surface area contributed by atoms with E-state index < -0.39 is 9.84 Å². The average molecular weight is 336 g/mol. The van der Waals surface area contributed by atoms with Crippen LogP contribution >= 0.6 is 0 Å². The van der Waals surface area contributed by atoms with E-state index in [0.29, 0.717) is 11.6 Å². The Hall–Kier alpha value is -2.15. The lowest BCUT2D eigenvalue weighted by Crippen LogP contribution is -2.22. The highest BCUT2D eigenvalue weighted by Gasteiger charge is 2.18. The van der Waals surface area contributed by atoms with Crippen LogP contribution < -0.4 is 5.32 Å². The summed E-state index contributed by atoms with van der Waals surface area (Å²) in [5.74, 6) is -0.347. The van der Waals surface area contributed by atoms with Crippen molar-refractivity contribution in [3.63, 3.8) is 0 Å². The van der Waals surface area contributed by atoms with Crippen molar-refractivity contribution in [2.24, 2.45) is 0 Å². The molecule has 23 heavy (non-hydrogen) atoms. The van der Waals surface area contributed by atoms with Crippen LogP contribution in [0.5, 0.6) is 0 Å². The van der Waals surface area contributed by atoms with E-state index in [4.69, 9.17) is 4.42 Å². The zero-order valence-corrected chi connectivity index (χ0v) is 14.2. The van der Waals surface area contributed by atoms with E-state index in [0.717, 1.165) is 16.7 Å². The van der Waals surface area contributed by atoms with Gasteiger partial charge in [-0.15, -0.1) is 0 Å². The fourth-order valence-electron chi connectivity index (χ4n) is 2.22. The molecule has 1 N–H and O–H groups in total. The van der Waals surface area contributed by atoms with Gasteiger partial charge in [-0.3, -0.25) is 4.79 Å². The number of carbonyl (C=O) groups excluding carboxylic acids is 1. The monoisotopic (exact) mass is 336 g/mol. The van der Waals surface area contributed by atoms with E-state index in [-0.39, 0.29) is 23.8 Å². The molecule has 0 aliphatic heterocycles. The molecule has 1 amide bonds. The van der Waals surface area contributed by atoms with Crippen molar-refractivity contribution in [1.82, 2.24) is 10.3 Å². The predicted octanol–water partition coefficient (Wildman–Crippen LogP) is 2.01. The summed E-state index contributed by atoms with van der Waals surface area (Å²) in [5.41, 5.74) is 3.33. The van der Waals surface area contributed by atoms with E-state index >= 15 is 0 Å². The van der Waals surface area contributed by atoms with Crippen LogP contribution in [0.3, 0.4) is 0 Å². The van der Waals surface area contributed by atoms with E-state index in [9.17, 15) is 13.2 Å². The number of hydrogen-bond donors (Lipinski definition) is 1. The van der Waals surface area contributed by atoms with Crippen LogP contribution in [0.25, 0.3) is 11.5 Å². The molecule has 7 heteroatoms. The summed E-state index contributed by atoms with van der Waals surface area (Å²) in [4.78, 5) is 15.4. The molecule has 0 aliphatic carbocycles. The molecule has 2 rings (SSSR count). The van der Waals surface area contributed by atoms with E-state index in [1.54, 1.807) is 0 Å². The molecule has 0 atom stereocenters. The Kier molecular flexibility index (Phi) is 5.20. The maximum Gasteiger partial charge on any atom is 0.226 e. The number of benzene rings is 1. The summed E-state index contributed by atoms with van der Waals surface area (Å²) in [6.45, 7) is 3.95. The third-order valence-corrected chi connectivity index (χ3v) is 5.01. The molecule has 0 bridgehead atoms. The molecule has 1 aromatic heterocycles. The van der Waals surface area contributed by atoms with Crippen LogP contribution in [-0.2, 0) is 20.4 Å². The largest absolute Gasteiger partial charge is 0.444 e. The van der Waals surface area contributed by atoms with Crippen LogP contribution in [0.1, 0.15) is 23.2 Å². The highest BCUT2D eigenvalue weighted by molar-refractivity contribution is 7.90. The average Bonchev–Trinajstić information content (AvgIpc) is 2.92. The highest BCUT2D eigenvalue weighted by atomic mass is 32.2. The number of nitrogens with zero attached hydrogens (tertiary/aromatic N) is 1. The van der Waals surface area contributed by atoms with Crippen LogP contribution in [0.15, 0.2) is 28.9 Å². The molecule has 0 unspecified atom stereocenters. The number of aromatic nitrogens is 1. The Labute approximate surface area is 135 Å². The fraction of sp³-hybridized carbons (Fsp3) is 0.375. The first-order valence-electron chi connectivity index (χ1n) is 7.24. The molecule has 1 heterocycles. The summed E-state index contributed by atoms with van der Waals surface area (Å²) < 4.78 is 29.4. The van der Waals surface area contributed by atoms with Crippen molar-refractivity contribution in [2.45, 2.75) is 26.0 Å². The second-order valence-electron chi connectivity index (χ2n) is 5.48. The molecule has 0 aliphatic rings. The Bertz CT molecular complexity index is 809. The first-order chi connectivity index (χ1) is 10.8. The SMILES string of the molecule is CNC(=O)CCS(=O)(=O)Cc1coc(-c2ccc(C)cc2C)n1. The van der Waals surface area contributed by atoms with E-state index in [1.807, 2.05) is 32.0 Å². The lowest BCUT2D eigenvalue weighted by molar-refractivity contribution is -0.120. The van der Waals surface area contributed by atoms with Gasteiger partial charge in [-0.2, -0.15) is 0 Å². The van der Waals surface area contributed by atoms with Gasteiger partial charge >= 0.3 is 0 Å². The van der Waals surface area contributed by atoms with Gasteiger partial charge in [0.05, 0.1) is 17.2 Å². The molecule has 6 nitrogen and oxygen atoms in total. The third-order valence-electron chi connectivity index (χ3n) is 3.45. The van der Waals surface area contributed by atoms with Crippen molar-refractivity contribution in [1.29, 1.82) is 0 Å². The normalized spacial score (nSPS) is 11.4. The maximum absolute atomic E-state index is 12.0. The molecule has 0 saturated carbocycles. The number of rotatable bonds is 6. The molecule has 1 aromatic carbocycles. The lowest BCUT2D eigenvalue weighted by atomic mass is 10.1. The van der Waals surface area contributed by atoms with Crippen molar-refractivity contribution >= 4 is 15.7 Å². The minimum Gasteiger partial charge on any atom is -0.444 e. The third kappa shape index (κ3) is 4.66. The minimum absolute atomic E-state index is 0.0549. The molecule has 0 fully saturated rings. The topological polar surface area (TPSA) is 89.3 Å². The van der Waals surface area contributed by atoms with Gasteiger partial charge in [0.25, 0.3) is 0 Å². The second kappa shape index (κ2) is 6.95. The maximum atomic E-state index is 12.0. The predicted molar refractivity (Wildman–Crippen MR) is 87.6 cm³/mol. The first kappa shape index (κ1) is 17.2. The number of hydrogen-bond acceptors (Lipinski definition) is 5. The smallest absolute Gasteiger partial charge is 0.226 e. The van der Waals surface area contributed by atoms with E-state index in [2.05, 4.69) is 10.3 Å². The number of nitrogens with one attached hydrogen (secondary N) is 1. The molecule has 0 saturated heterocycles.